The van der Waals surface area contributed by atoms with Crippen LogP contribution in [0.25, 0.3) is 0 Å². The standard InChI is InChI=1S/C22H27FN2O4S/c1-17-4-10-21(11-5-17)30(27,28)24-15-18-3-2-13-25(16-18)22(26)12-14-29-20-8-6-19(23)7-9-20/h4-11,18,24H,2-3,12-16H2,1H3. The van der Waals surface area contributed by atoms with Crippen molar-refractivity contribution in [1.29, 1.82) is 0 Å². The molecule has 1 atom stereocenters. The van der Waals surface area contributed by atoms with Gasteiger partial charge in [0.15, 0.2) is 0 Å². The summed E-state index contributed by atoms with van der Waals surface area (Å²) in [6, 6.07) is 12.4. The molecule has 1 unspecified atom stereocenters. The molecule has 2 aromatic rings. The van der Waals surface area contributed by atoms with Crippen LogP contribution < -0.4 is 9.46 Å². The molecule has 6 nitrogen and oxygen atoms in total. The highest BCUT2D eigenvalue weighted by atomic mass is 32.2. The van der Waals surface area contributed by atoms with Crippen LogP contribution in [-0.2, 0) is 14.8 Å². The lowest BCUT2D eigenvalue weighted by molar-refractivity contribution is -0.133. The van der Waals surface area contributed by atoms with Gasteiger partial charge < -0.3 is 9.64 Å². The number of aryl methyl sites for hydroxylation is 1. The molecule has 1 amide bonds. The van der Waals surface area contributed by atoms with Crippen molar-refractivity contribution in [1.82, 2.24) is 9.62 Å². The van der Waals surface area contributed by atoms with Crippen molar-refractivity contribution in [3.05, 3.63) is 59.9 Å². The molecule has 1 heterocycles. The molecule has 2 aromatic carbocycles. The van der Waals surface area contributed by atoms with E-state index in [4.69, 9.17) is 4.74 Å². The Labute approximate surface area is 177 Å². The number of amides is 1. The molecule has 0 bridgehead atoms. The normalized spacial score (nSPS) is 17.0. The molecule has 1 aliphatic heterocycles. The number of rotatable bonds is 8. The SMILES string of the molecule is Cc1ccc(S(=O)(=O)NCC2CCCN(C(=O)CCOc3ccc(F)cc3)C2)cc1. The molecular formula is C22H27FN2O4S. The van der Waals surface area contributed by atoms with Gasteiger partial charge in [-0.1, -0.05) is 17.7 Å². The number of sulfonamides is 1. The molecule has 162 valence electrons. The lowest BCUT2D eigenvalue weighted by Crippen LogP contribution is -2.44. The van der Waals surface area contributed by atoms with E-state index in [2.05, 4.69) is 4.72 Å². The Morgan fingerprint density at radius 1 is 1.17 bits per heavy atom. The minimum atomic E-state index is -3.56. The predicted molar refractivity (Wildman–Crippen MR) is 112 cm³/mol. The Morgan fingerprint density at radius 3 is 2.57 bits per heavy atom. The maximum atomic E-state index is 12.9. The van der Waals surface area contributed by atoms with E-state index < -0.39 is 10.0 Å². The fraction of sp³-hybridized carbons (Fsp3) is 0.409. The molecule has 1 N–H and O–H groups in total. The molecule has 0 spiro atoms. The van der Waals surface area contributed by atoms with Gasteiger partial charge in [-0.15, -0.1) is 0 Å². The van der Waals surface area contributed by atoms with E-state index in [1.165, 1.54) is 24.3 Å². The lowest BCUT2D eigenvalue weighted by atomic mass is 9.98. The van der Waals surface area contributed by atoms with Gasteiger partial charge in [0.25, 0.3) is 0 Å². The summed E-state index contributed by atoms with van der Waals surface area (Å²) in [6.07, 6.45) is 1.92. The average molecular weight is 435 g/mol. The zero-order chi connectivity index (χ0) is 21.6. The molecule has 0 saturated carbocycles. The number of hydrogen-bond acceptors (Lipinski definition) is 4. The first-order valence-electron chi connectivity index (χ1n) is 10.1. The van der Waals surface area contributed by atoms with E-state index in [-0.39, 0.29) is 35.6 Å². The minimum Gasteiger partial charge on any atom is -0.493 e. The van der Waals surface area contributed by atoms with Crippen molar-refractivity contribution in [2.24, 2.45) is 5.92 Å². The summed E-state index contributed by atoms with van der Waals surface area (Å²) in [4.78, 5) is 14.5. The van der Waals surface area contributed by atoms with E-state index in [0.29, 0.717) is 25.4 Å². The van der Waals surface area contributed by atoms with Crippen molar-refractivity contribution >= 4 is 15.9 Å². The second-order valence-electron chi connectivity index (χ2n) is 7.57. The average Bonchev–Trinajstić information content (AvgIpc) is 2.74. The van der Waals surface area contributed by atoms with E-state index in [1.807, 2.05) is 6.92 Å². The fourth-order valence-electron chi connectivity index (χ4n) is 3.43. The third kappa shape index (κ3) is 6.27. The van der Waals surface area contributed by atoms with Crippen LogP contribution in [-0.4, -0.2) is 45.5 Å². The Morgan fingerprint density at radius 2 is 1.87 bits per heavy atom. The zero-order valence-corrected chi connectivity index (χ0v) is 17.8. The van der Waals surface area contributed by atoms with Crippen LogP contribution in [0, 0.1) is 18.7 Å². The third-order valence-corrected chi connectivity index (χ3v) is 6.60. The maximum absolute atomic E-state index is 12.9. The Balaban J connectivity index is 1.45. The highest BCUT2D eigenvalue weighted by Gasteiger charge is 2.25. The number of ether oxygens (including phenoxy) is 1. The van der Waals surface area contributed by atoms with Gasteiger partial charge >= 0.3 is 0 Å². The molecule has 0 aromatic heterocycles. The lowest BCUT2D eigenvalue weighted by Gasteiger charge is -2.33. The first kappa shape index (κ1) is 22.2. The molecule has 3 rings (SSSR count). The van der Waals surface area contributed by atoms with Gasteiger partial charge in [-0.05, 0) is 62.1 Å². The van der Waals surface area contributed by atoms with Crippen LogP contribution in [0.3, 0.4) is 0 Å². The third-order valence-electron chi connectivity index (χ3n) is 5.16. The number of piperidine rings is 1. The summed E-state index contributed by atoms with van der Waals surface area (Å²) in [7, 11) is -3.56. The number of likely N-dealkylation sites (tertiary alicyclic amines) is 1. The van der Waals surface area contributed by atoms with Gasteiger partial charge in [0.2, 0.25) is 15.9 Å². The van der Waals surface area contributed by atoms with Gasteiger partial charge in [0.05, 0.1) is 17.9 Å². The van der Waals surface area contributed by atoms with E-state index in [9.17, 15) is 17.6 Å². The smallest absolute Gasteiger partial charge is 0.240 e. The topological polar surface area (TPSA) is 75.7 Å². The molecule has 1 fully saturated rings. The summed E-state index contributed by atoms with van der Waals surface area (Å²) < 4.78 is 46.0. The summed E-state index contributed by atoms with van der Waals surface area (Å²) >= 11 is 0. The minimum absolute atomic E-state index is 0.0248. The first-order chi connectivity index (χ1) is 14.3. The quantitative estimate of drug-likeness (QED) is 0.693. The van der Waals surface area contributed by atoms with Crippen LogP contribution in [0.5, 0.6) is 5.75 Å². The highest BCUT2D eigenvalue weighted by molar-refractivity contribution is 7.89. The number of benzene rings is 2. The molecular weight excluding hydrogens is 407 g/mol. The van der Waals surface area contributed by atoms with Crippen molar-refractivity contribution in [3.63, 3.8) is 0 Å². The predicted octanol–water partition coefficient (Wildman–Crippen LogP) is 3.12. The van der Waals surface area contributed by atoms with E-state index >= 15 is 0 Å². The van der Waals surface area contributed by atoms with Gasteiger partial charge in [-0.2, -0.15) is 0 Å². The fourth-order valence-corrected chi connectivity index (χ4v) is 4.55. The molecule has 8 heteroatoms. The number of halogens is 1. The number of nitrogens with one attached hydrogen (secondary N) is 1. The summed E-state index contributed by atoms with van der Waals surface area (Å²) in [6.45, 7) is 3.60. The Hall–Kier alpha value is -2.45. The zero-order valence-electron chi connectivity index (χ0n) is 17.0. The summed E-state index contributed by atoms with van der Waals surface area (Å²) in [5, 5.41) is 0. The van der Waals surface area contributed by atoms with Crippen molar-refractivity contribution in [3.8, 4) is 5.75 Å². The van der Waals surface area contributed by atoms with Crippen LogP contribution in [0.1, 0.15) is 24.8 Å². The Kier molecular flexibility index (Phi) is 7.44. The van der Waals surface area contributed by atoms with Crippen molar-refractivity contribution in [2.75, 3.05) is 26.2 Å². The van der Waals surface area contributed by atoms with Gasteiger partial charge in [0.1, 0.15) is 11.6 Å². The maximum Gasteiger partial charge on any atom is 0.240 e. The van der Waals surface area contributed by atoms with Crippen LogP contribution in [0.15, 0.2) is 53.4 Å². The highest BCUT2D eigenvalue weighted by Crippen LogP contribution is 2.18. The second kappa shape index (κ2) is 10.0. The van der Waals surface area contributed by atoms with Crippen molar-refractivity contribution in [2.45, 2.75) is 31.1 Å². The van der Waals surface area contributed by atoms with Gasteiger partial charge in [0, 0.05) is 19.6 Å². The molecule has 0 aliphatic carbocycles. The number of nitrogens with zero attached hydrogens (tertiary/aromatic N) is 1. The summed E-state index contributed by atoms with van der Waals surface area (Å²) in [5.74, 6) is 0.228. The number of carbonyl (C=O) groups excluding carboxylic acids is 1. The molecule has 1 aliphatic rings. The Bertz CT molecular complexity index is 946. The molecule has 30 heavy (non-hydrogen) atoms. The first-order valence-corrected chi connectivity index (χ1v) is 11.5. The van der Waals surface area contributed by atoms with Crippen LogP contribution in [0.2, 0.25) is 0 Å². The van der Waals surface area contributed by atoms with Crippen LogP contribution >= 0.6 is 0 Å². The summed E-state index contributed by atoms with van der Waals surface area (Å²) in [5.41, 5.74) is 0.999. The van der Waals surface area contributed by atoms with Gasteiger partial charge in [-0.25, -0.2) is 17.5 Å². The second-order valence-corrected chi connectivity index (χ2v) is 9.33. The molecule has 1 saturated heterocycles. The number of carbonyl (C=O) groups is 1. The van der Waals surface area contributed by atoms with Crippen LogP contribution in [0.4, 0.5) is 4.39 Å². The monoisotopic (exact) mass is 434 g/mol. The largest absolute Gasteiger partial charge is 0.493 e. The van der Waals surface area contributed by atoms with E-state index in [1.54, 1.807) is 29.2 Å². The van der Waals surface area contributed by atoms with Gasteiger partial charge in [-0.3, -0.25) is 4.79 Å². The number of hydrogen-bond donors (Lipinski definition) is 1. The van der Waals surface area contributed by atoms with Crippen molar-refractivity contribution < 1.29 is 22.3 Å². The molecule has 0 radical (unpaired) electrons. The van der Waals surface area contributed by atoms with E-state index in [0.717, 1.165) is 18.4 Å².